The summed E-state index contributed by atoms with van der Waals surface area (Å²) in [5.74, 6) is 0.678. The largest absolute Gasteiger partial charge is 0.320 e. The van der Waals surface area contributed by atoms with Crippen molar-refractivity contribution in [3.63, 3.8) is 0 Å². The average molecular weight is 361 g/mol. The Morgan fingerprint density at radius 2 is 2.26 bits per heavy atom. The molecule has 0 radical (unpaired) electrons. The summed E-state index contributed by atoms with van der Waals surface area (Å²) in [5.41, 5.74) is 1.45. The second-order valence-electron chi connectivity index (χ2n) is 3.93. The van der Waals surface area contributed by atoms with Crippen LogP contribution in [0.4, 0.5) is 4.39 Å². The van der Waals surface area contributed by atoms with Gasteiger partial charge in [0.05, 0.1) is 27.9 Å². The monoisotopic (exact) mass is 359 g/mol. The maximum absolute atomic E-state index is 13.7. The highest BCUT2D eigenvalue weighted by atomic mass is 79.9. The number of thiazole rings is 1. The van der Waals surface area contributed by atoms with Crippen molar-refractivity contribution in [2.45, 2.75) is 12.4 Å². The number of hydrogen-bond acceptors (Lipinski definition) is 3. The Kier molecular flexibility index (Phi) is 3.56. The number of rotatable bonds is 3. The molecule has 0 atom stereocenters. The second-order valence-corrected chi connectivity index (χ2v) is 6.03. The molecule has 3 nitrogen and oxygen atoms in total. The van der Waals surface area contributed by atoms with E-state index < -0.39 is 0 Å². The van der Waals surface area contributed by atoms with Crippen LogP contribution >= 0.6 is 38.9 Å². The van der Waals surface area contributed by atoms with Crippen LogP contribution in [0.1, 0.15) is 10.8 Å². The number of hydrogen-bond donors (Lipinski definition) is 0. The first-order chi connectivity index (χ1) is 9.19. The fourth-order valence-electron chi connectivity index (χ4n) is 1.91. The first-order valence-corrected chi connectivity index (χ1v) is 7.68. The molecule has 2 heterocycles. The van der Waals surface area contributed by atoms with Gasteiger partial charge in [-0.25, -0.2) is 14.4 Å². The molecule has 0 aliphatic rings. The molecule has 3 rings (SSSR count). The summed E-state index contributed by atoms with van der Waals surface area (Å²) in [6.45, 7) is 0.553. The second kappa shape index (κ2) is 5.19. The maximum atomic E-state index is 13.7. The van der Waals surface area contributed by atoms with E-state index in [1.54, 1.807) is 23.6 Å². The Balaban J connectivity index is 2.17. The minimum absolute atomic E-state index is 0.277. The molecule has 0 fully saturated rings. The summed E-state index contributed by atoms with van der Waals surface area (Å²) >= 11 is 10.6. The highest BCUT2D eigenvalue weighted by Gasteiger charge is 2.14. The molecule has 0 aliphatic heterocycles. The molecule has 0 aliphatic carbocycles. The Labute approximate surface area is 126 Å². The molecular weight excluding hydrogens is 353 g/mol. The predicted octanol–water partition coefficient (Wildman–Crippen LogP) is 4.18. The Bertz CT molecular complexity index is 726. The first kappa shape index (κ1) is 13.0. The Morgan fingerprint density at radius 3 is 2.95 bits per heavy atom. The molecule has 0 amide bonds. The smallest absolute Gasteiger partial charge is 0.139 e. The molecule has 3 aromatic rings. The molecule has 2 aromatic heterocycles. The molecule has 19 heavy (non-hydrogen) atoms. The standard InChI is InChI=1S/C12H8BrClFN3S/c13-7-3-9-10(4-8(7)15)18(11(5-14)17-9)6-12-16-1-2-19-12/h1-4H,5-6H2. The average Bonchev–Trinajstić information content (AvgIpc) is 3.00. The lowest BCUT2D eigenvalue weighted by Gasteiger charge is -2.05. The molecule has 0 saturated heterocycles. The zero-order chi connectivity index (χ0) is 13.4. The molecule has 0 unspecified atom stereocenters. The van der Waals surface area contributed by atoms with Gasteiger partial charge < -0.3 is 4.57 Å². The third-order valence-electron chi connectivity index (χ3n) is 2.77. The fraction of sp³-hybridized carbons (Fsp3) is 0.167. The lowest BCUT2D eigenvalue weighted by atomic mass is 10.3. The minimum Gasteiger partial charge on any atom is -0.320 e. The van der Waals surface area contributed by atoms with Crippen LogP contribution in [0.5, 0.6) is 0 Å². The molecule has 1 aromatic carbocycles. The molecular formula is C12H8BrClFN3S. The van der Waals surface area contributed by atoms with Crippen LogP contribution in [-0.2, 0) is 12.4 Å². The van der Waals surface area contributed by atoms with E-state index >= 15 is 0 Å². The van der Waals surface area contributed by atoms with Crippen molar-refractivity contribution in [3.05, 3.63) is 44.8 Å². The zero-order valence-corrected chi connectivity index (χ0v) is 12.8. The van der Waals surface area contributed by atoms with Crippen molar-refractivity contribution < 1.29 is 4.39 Å². The molecule has 0 bridgehead atoms. The van der Waals surface area contributed by atoms with Gasteiger partial charge in [0, 0.05) is 17.6 Å². The number of aromatic nitrogens is 3. The van der Waals surface area contributed by atoms with E-state index in [0.717, 1.165) is 16.0 Å². The van der Waals surface area contributed by atoms with Crippen LogP contribution < -0.4 is 0 Å². The van der Waals surface area contributed by atoms with Gasteiger partial charge in [0.25, 0.3) is 0 Å². The first-order valence-electron chi connectivity index (χ1n) is 5.47. The summed E-state index contributed by atoms with van der Waals surface area (Å²) in [5, 5.41) is 2.85. The molecule has 98 valence electrons. The Hall–Kier alpha value is -0.980. The van der Waals surface area contributed by atoms with Gasteiger partial charge in [-0.05, 0) is 22.0 Å². The fourth-order valence-corrected chi connectivity index (χ4v) is 3.05. The quantitative estimate of drug-likeness (QED) is 0.656. The van der Waals surface area contributed by atoms with E-state index in [1.165, 1.54) is 6.07 Å². The molecule has 0 N–H and O–H groups in total. The van der Waals surface area contributed by atoms with Crippen molar-refractivity contribution in [3.8, 4) is 0 Å². The molecule has 0 saturated carbocycles. The summed E-state index contributed by atoms with van der Waals surface area (Å²) in [6.07, 6.45) is 1.75. The highest BCUT2D eigenvalue weighted by Crippen LogP contribution is 2.25. The van der Waals surface area contributed by atoms with E-state index in [9.17, 15) is 4.39 Å². The normalized spacial score (nSPS) is 11.3. The van der Waals surface area contributed by atoms with Crippen molar-refractivity contribution >= 4 is 49.9 Å². The number of alkyl halides is 1. The van der Waals surface area contributed by atoms with Crippen LogP contribution in [0, 0.1) is 5.82 Å². The van der Waals surface area contributed by atoms with Gasteiger partial charge in [-0.15, -0.1) is 22.9 Å². The number of fused-ring (bicyclic) bond motifs is 1. The summed E-state index contributed by atoms with van der Waals surface area (Å²) < 4.78 is 16.0. The lowest BCUT2D eigenvalue weighted by Crippen LogP contribution is -2.03. The van der Waals surface area contributed by atoms with Gasteiger partial charge >= 0.3 is 0 Å². The van der Waals surface area contributed by atoms with Crippen LogP contribution in [0.15, 0.2) is 28.2 Å². The van der Waals surface area contributed by atoms with Gasteiger partial charge in [-0.1, -0.05) is 0 Å². The zero-order valence-electron chi connectivity index (χ0n) is 9.61. The SMILES string of the molecule is Fc1cc2c(cc1Br)nc(CCl)n2Cc1nccs1. The van der Waals surface area contributed by atoms with Gasteiger partial charge in [-0.2, -0.15) is 0 Å². The lowest BCUT2D eigenvalue weighted by molar-refractivity contribution is 0.621. The number of halogens is 3. The van der Waals surface area contributed by atoms with Gasteiger partial charge in [0.15, 0.2) is 0 Å². The van der Waals surface area contributed by atoms with E-state index in [2.05, 4.69) is 25.9 Å². The number of imidazole rings is 1. The highest BCUT2D eigenvalue weighted by molar-refractivity contribution is 9.10. The van der Waals surface area contributed by atoms with Crippen molar-refractivity contribution in [1.29, 1.82) is 0 Å². The van der Waals surface area contributed by atoms with Crippen LogP contribution in [0.25, 0.3) is 11.0 Å². The van der Waals surface area contributed by atoms with Crippen molar-refractivity contribution in [2.75, 3.05) is 0 Å². The predicted molar refractivity (Wildman–Crippen MR) is 78.2 cm³/mol. The number of nitrogens with zero attached hydrogens (tertiary/aromatic N) is 3. The van der Waals surface area contributed by atoms with Crippen LogP contribution in [0.2, 0.25) is 0 Å². The van der Waals surface area contributed by atoms with E-state index in [4.69, 9.17) is 11.6 Å². The van der Waals surface area contributed by atoms with Gasteiger partial charge in [-0.3, -0.25) is 0 Å². The molecule has 0 spiro atoms. The van der Waals surface area contributed by atoms with Crippen LogP contribution in [-0.4, -0.2) is 14.5 Å². The van der Waals surface area contributed by atoms with Crippen molar-refractivity contribution in [2.24, 2.45) is 0 Å². The summed E-state index contributed by atoms with van der Waals surface area (Å²) in [7, 11) is 0. The third kappa shape index (κ3) is 2.40. The van der Waals surface area contributed by atoms with Crippen molar-refractivity contribution in [1.82, 2.24) is 14.5 Å². The number of benzene rings is 1. The molecule has 7 heteroatoms. The topological polar surface area (TPSA) is 30.7 Å². The van der Waals surface area contributed by atoms with E-state index in [-0.39, 0.29) is 11.7 Å². The maximum Gasteiger partial charge on any atom is 0.139 e. The third-order valence-corrected chi connectivity index (χ3v) is 4.38. The summed E-state index contributed by atoms with van der Waals surface area (Å²) in [4.78, 5) is 8.66. The van der Waals surface area contributed by atoms with Gasteiger partial charge in [0.2, 0.25) is 0 Å². The van der Waals surface area contributed by atoms with Crippen LogP contribution in [0.3, 0.4) is 0 Å². The minimum atomic E-state index is -0.311. The van der Waals surface area contributed by atoms with E-state index in [0.29, 0.717) is 16.8 Å². The summed E-state index contributed by atoms with van der Waals surface area (Å²) in [6, 6.07) is 3.13. The van der Waals surface area contributed by atoms with Gasteiger partial charge in [0.1, 0.15) is 16.6 Å². The Morgan fingerprint density at radius 1 is 1.42 bits per heavy atom. The van der Waals surface area contributed by atoms with E-state index in [1.807, 2.05) is 9.95 Å².